The third-order valence-electron chi connectivity index (χ3n) is 6.47. The zero-order chi connectivity index (χ0) is 25.4. The first-order valence-corrected chi connectivity index (χ1v) is 12.5. The van der Waals surface area contributed by atoms with Gasteiger partial charge in [-0.3, -0.25) is 4.98 Å². The van der Waals surface area contributed by atoms with Gasteiger partial charge in [0.1, 0.15) is 11.6 Å². The van der Waals surface area contributed by atoms with Gasteiger partial charge < -0.3 is 19.5 Å². The molecule has 5 rings (SSSR count). The van der Waals surface area contributed by atoms with E-state index in [1.807, 2.05) is 80.8 Å². The summed E-state index contributed by atoms with van der Waals surface area (Å²) in [5.74, 6) is 0.548. The highest BCUT2D eigenvalue weighted by Gasteiger charge is 2.42. The lowest BCUT2D eigenvalue weighted by Gasteiger charge is -2.28. The lowest BCUT2D eigenvalue weighted by atomic mass is 9.96. The van der Waals surface area contributed by atoms with Crippen LogP contribution in [0.15, 0.2) is 79.0 Å². The van der Waals surface area contributed by atoms with Crippen LogP contribution < -0.4 is 15.0 Å². The van der Waals surface area contributed by atoms with E-state index in [-0.39, 0.29) is 24.0 Å². The lowest BCUT2D eigenvalue weighted by Crippen LogP contribution is -2.29. The molecule has 36 heavy (non-hydrogen) atoms. The first-order valence-electron chi connectivity index (χ1n) is 12.1. The number of nitrogens with zero attached hydrogens (tertiary/aromatic N) is 3. The summed E-state index contributed by atoms with van der Waals surface area (Å²) in [4.78, 5) is 6.77. The molecule has 1 aliphatic rings. The number of hydrogen-bond acceptors (Lipinski definition) is 3. The Morgan fingerprint density at radius 1 is 1.00 bits per heavy atom. The van der Waals surface area contributed by atoms with Crippen molar-refractivity contribution in [2.45, 2.75) is 45.9 Å². The predicted octanol–water partition coefficient (Wildman–Crippen LogP) is 6.59. The quantitative estimate of drug-likeness (QED) is 0.303. The smallest absolute Gasteiger partial charge is 0.174 e. The van der Waals surface area contributed by atoms with E-state index in [2.05, 4.69) is 21.3 Å². The molecule has 0 amide bonds. The molecule has 4 aromatic rings. The summed E-state index contributed by atoms with van der Waals surface area (Å²) in [5, 5.41) is 4.12. The number of thiocarbonyl (C=S) groups is 1. The Morgan fingerprint density at radius 3 is 2.39 bits per heavy atom. The molecule has 0 spiro atoms. The van der Waals surface area contributed by atoms with Crippen LogP contribution in [-0.2, 0) is 0 Å². The number of anilines is 1. The largest absolute Gasteiger partial charge is 0.491 e. The molecule has 5 nitrogen and oxygen atoms in total. The molecule has 2 aromatic carbocycles. The van der Waals surface area contributed by atoms with Gasteiger partial charge in [0.05, 0.1) is 29.6 Å². The SMILES string of the molecule is Cc1cc([C@@H]2[C@H](c3ccccn3)NC(=S)N2c2ccc(OC(C)C)cc2)c(C)n1-c1ccccc1F. The summed E-state index contributed by atoms with van der Waals surface area (Å²) in [7, 11) is 0. The second-order valence-electron chi connectivity index (χ2n) is 9.27. The highest BCUT2D eigenvalue weighted by molar-refractivity contribution is 7.80. The van der Waals surface area contributed by atoms with Crippen molar-refractivity contribution >= 4 is 23.0 Å². The Hall–Kier alpha value is -3.71. The van der Waals surface area contributed by atoms with Crippen LogP contribution in [0.25, 0.3) is 5.69 Å². The fourth-order valence-corrected chi connectivity index (χ4v) is 5.34. The Morgan fingerprint density at radius 2 is 1.72 bits per heavy atom. The molecule has 7 heteroatoms. The molecule has 0 aliphatic carbocycles. The summed E-state index contributed by atoms with van der Waals surface area (Å²) >= 11 is 5.87. The van der Waals surface area contributed by atoms with Crippen LogP contribution in [0.4, 0.5) is 10.1 Å². The van der Waals surface area contributed by atoms with Crippen molar-refractivity contribution in [3.05, 3.63) is 107 Å². The third-order valence-corrected chi connectivity index (χ3v) is 6.78. The predicted molar refractivity (Wildman–Crippen MR) is 145 cm³/mol. The van der Waals surface area contributed by atoms with Gasteiger partial charge in [0.15, 0.2) is 5.11 Å². The maximum absolute atomic E-state index is 14.8. The Bertz CT molecular complexity index is 1380. The van der Waals surface area contributed by atoms with E-state index in [0.29, 0.717) is 10.8 Å². The van der Waals surface area contributed by atoms with Gasteiger partial charge in [-0.2, -0.15) is 0 Å². The number of halogens is 1. The van der Waals surface area contributed by atoms with Crippen LogP contribution in [-0.4, -0.2) is 20.8 Å². The Labute approximate surface area is 216 Å². The van der Waals surface area contributed by atoms with E-state index >= 15 is 0 Å². The second kappa shape index (κ2) is 9.74. The van der Waals surface area contributed by atoms with Crippen molar-refractivity contribution in [1.29, 1.82) is 0 Å². The number of para-hydroxylation sites is 1. The Kier molecular flexibility index (Phi) is 6.49. The minimum Gasteiger partial charge on any atom is -0.491 e. The monoisotopic (exact) mass is 500 g/mol. The normalized spacial score (nSPS) is 17.5. The van der Waals surface area contributed by atoms with Gasteiger partial charge in [0.2, 0.25) is 0 Å². The van der Waals surface area contributed by atoms with Crippen LogP contribution >= 0.6 is 12.2 Å². The van der Waals surface area contributed by atoms with Gasteiger partial charge in [-0.1, -0.05) is 18.2 Å². The average molecular weight is 501 g/mol. The van der Waals surface area contributed by atoms with Crippen LogP contribution in [0.3, 0.4) is 0 Å². The van der Waals surface area contributed by atoms with Crippen molar-refractivity contribution in [1.82, 2.24) is 14.9 Å². The van der Waals surface area contributed by atoms with Crippen LogP contribution in [0.1, 0.15) is 48.6 Å². The second-order valence-corrected chi connectivity index (χ2v) is 9.66. The van der Waals surface area contributed by atoms with Crippen molar-refractivity contribution in [2.75, 3.05) is 4.90 Å². The molecule has 1 fully saturated rings. The molecule has 1 N–H and O–H groups in total. The molecule has 0 radical (unpaired) electrons. The molecule has 3 heterocycles. The minimum atomic E-state index is -0.259. The van der Waals surface area contributed by atoms with E-state index in [4.69, 9.17) is 17.0 Å². The molecule has 1 saturated heterocycles. The van der Waals surface area contributed by atoms with Gasteiger partial charge in [-0.15, -0.1) is 0 Å². The van der Waals surface area contributed by atoms with Crippen LogP contribution in [0.2, 0.25) is 0 Å². The first kappa shape index (κ1) is 24.0. The lowest BCUT2D eigenvalue weighted by molar-refractivity contribution is 0.242. The topological polar surface area (TPSA) is 42.3 Å². The van der Waals surface area contributed by atoms with Crippen LogP contribution in [0, 0.1) is 19.7 Å². The van der Waals surface area contributed by atoms with Crippen molar-refractivity contribution in [3.63, 3.8) is 0 Å². The fourth-order valence-electron chi connectivity index (χ4n) is 5.00. The maximum Gasteiger partial charge on any atom is 0.174 e. The van der Waals surface area contributed by atoms with Gasteiger partial charge in [0, 0.05) is 23.3 Å². The summed E-state index contributed by atoms with van der Waals surface area (Å²) < 4.78 is 22.6. The number of rotatable bonds is 6. The summed E-state index contributed by atoms with van der Waals surface area (Å²) in [5.41, 5.74) is 5.33. The zero-order valence-electron chi connectivity index (χ0n) is 20.8. The highest BCUT2D eigenvalue weighted by atomic mass is 32.1. The molecular weight excluding hydrogens is 471 g/mol. The minimum absolute atomic E-state index is 0.0930. The maximum atomic E-state index is 14.8. The summed E-state index contributed by atoms with van der Waals surface area (Å²) in [6.07, 6.45) is 1.89. The summed E-state index contributed by atoms with van der Waals surface area (Å²) in [6, 6.07) is 22.5. The van der Waals surface area contributed by atoms with Gasteiger partial charge in [-0.25, -0.2) is 4.39 Å². The van der Waals surface area contributed by atoms with E-state index < -0.39 is 0 Å². The van der Waals surface area contributed by atoms with Gasteiger partial charge in [-0.05, 0) is 100 Å². The van der Waals surface area contributed by atoms with Gasteiger partial charge >= 0.3 is 0 Å². The number of aromatic nitrogens is 2. The van der Waals surface area contributed by atoms with E-state index in [1.54, 1.807) is 18.3 Å². The summed E-state index contributed by atoms with van der Waals surface area (Å²) in [6.45, 7) is 8.05. The zero-order valence-corrected chi connectivity index (χ0v) is 21.6. The Balaban J connectivity index is 1.64. The molecule has 0 unspecified atom stereocenters. The third kappa shape index (κ3) is 4.35. The molecule has 0 saturated carbocycles. The molecule has 1 aliphatic heterocycles. The number of ether oxygens (including phenoxy) is 1. The molecule has 0 bridgehead atoms. The number of pyridine rings is 1. The number of nitrogens with one attached hydrogen (secondary N) is 1. The number of hydrogen-bond donors (Lipinski definition) is 1. The fraction of sp³-hybridized carbons (Fsp3) is 0.241. The molecular formula is C29H29FN4OS. The van der Waals surface area contributed by atoms with E-state index in [0.717, 1.165) is 34.1 Å². The number of benzene rings is 2. The van der Waals surface area contributed by atoms with Crippen molar-refractivity contribution < 1.29 is 9.13 Å². The highest BCUT2D eigenvalue weighted by Crippen LogP contribution is 2.44. The van der Waals surface area contributed by atoms with Crippen molar-refractivity contribution in [3.8, 4) is 11.4 Å². The van der Waals surface area contributed by atoms with Crippen LogP contribution in [0.5, 0.6) is 5.75 Å². The van der Waals surface area contributed by atoms with Gasteiger partial charge in [0.25, 0.3) is 0 Å². The molecule has 184 valence electrons. The average Bonchev–Trinajstić information content (AvgIpc) is 3.35. The molecule has 2 atom stereocenters. The van der Waals surface area contributed by atoms with E-state index in [1.165, 1.54) is 6.07 Å². The van der Waals surface area contributed by atoms with E-state index in [9.17, 15) is 4.39 Å². The van der Waals surface area contributed by atoms with Crippen molar-refractivity contribution in [2.24, 2.45) is 0 Å². The molecule has 2 aromatic heterocycles. The first-order chi connectivity index (χ1) is 17.3. The number of aryl methyl sites for hydroxylation is 1. The standard InChI is InChI=1S/C29H29FN4OS/c1-18(2)35-22-14-12-21(13-15-22)34-28(27(32-29(34)36)25-10-7-8-16-31-25)23-17-19(3)33(20(23)4)26-11-6-5-9-24(26)30/h5-18,27-28H,1-4H3,(H,32,36)/t27-,28+/m0/s1.